The zero-order valence-corrected chi connectivity index (χ0v) is 11.9. The van der Waals surface area contributed by atoms with Crippen LogP contribution in [0.2, 0.25) is 0 Å². The molecule has 0 spiro atoms. The van der Waals surface area contributed by atoms with Crippen LogP contribution in [0, 0.1) is 0 Å². The molecule has 0 saturated carbocycles. The van der Waals surface area contributed by atoms with Crippen LogP contribution in [-0.4, -0.2) is 49.3 Å². The van der Waals surface area contributed by atoms with Crippen LogP contribution in [0.1, 0.15) is 28.7 Å². The molecule has 21 heavy (non-hydrogen) atoms. The molecule has 2 aliphatic heterocycles. The van der Waals surface area contributed by atoms with Gasteiger partial charge in [-0.25, -0.2) is 9.78 Å². The van der Waals surface area contributed by atoms with Crippen LogP contribution in [0.25, 0.3) is 0 Å². The van der Waals surface area contributed by atoms with Crippen molar-refractivity contribution in [3.05, 3.63) is 28.3 Å². The molecule has 1 amide bonds. The molecule has 1 unspecified atom stereocenters. The molecule has 1 atom stereocenters. The largest absolute Gasteiger partial charge is 0.438 e. The van der Waals surface area contributed by atoms with Crippen LogP contribution in [0.15, 0.2) is 20.7 Å². The van der Waals surface area contributed by atoms with Gasteiger partial charge in [0, 0.05) is 37.5 Å². The topological polar surface area (TPSA) is 97.0 Å². The summed E-state index contributed by atoms with van der Waals surface area (Å²) in [7, 11) is 0. The minimum atomic E-state index is -0.558. The highest BCUT2D eigenvalue weighted by Gasteiger charge is 2.32. The Hall–Kier alpha value is -2.03. The Kier molecular flexibility index (Phi) is 2.88. The van der Waals surface area contributed by atoms with E-state index in [9.17, 15) is 9.59 Å². The van der Waals surface area contributed by atoms with E-state index in [0.717, 1.165) is 23.9 Å². The number of H-pyrrole nitrogens is 1. The van der Waals surface area contributed by atoms with E-state index in [1.165, 1.54) is 0 Å². The lowest BCUT2D eigenvalue weighted by Gasteiger charge is -2.14. The van der Waals surface area contributed by atoms with Gasteiger partial charge in [0.15, 0.2) is 11.0 Å². The van der Waals surface area contributed by atoms with Crippen molar-refractivity contribution in [3.8, 4) is 0 Å². The number of carbonyl (C=O) groups is 1. The number of hydrogen-bond donors (Lipinski definition) is 1. The third-order valence-corrected chi connectivity index (χ3v) is 4.81. The van der Waals surface area contributed by atoms with Gasteiger partial charge in [0.1, 0.15) is 5.69 Å². The molecule has 2 aromatic rings. The van der Waals surface area contributed by atoms with E-state index >= 15 is 0 Å². The number of nitrogens with one attached hydrogen (secondary N) is 1. The molecule has 8 nitrogen and oxygen atoms in total. The highest BCUT2D eigenvalue weighted by Crippen LogP contribution is 2.28. The van der Waals surface area contributed by atoms with Gasteiger partial charge in [-0.05, 0) is 6.42 Å². The molecule has 9 heteroatoms. The summed E-state index contributed by atoms with van der Waals surface area (Å²) < 4.78 is 6.53. The molecule has 1 fully saturated rings. The maximum absolute atomic E-state index is 12.5. The quantitative estimate of drug-likeness (QED) is 0.857. The Balaban J connectivity index is 1.49. The summed E-state index contributed by atoms with van der Waals surface area (Å²) in [6.45, 7) is 2.06. The summed E-state index contributed by atoms with van der Waals surface area (Å²) in [6.07, 6.45) is 2.58. The average Bonchev–Trinajstić information content (AvgIpc) is 3.20. The van der Waals surface area contributed by atoms with Gasteiger partial charge in [-0.3, -0.25) is 14.3 Å². The lowest BCUT2D eigenvalue weighted by molar-refractivity contribution is 0.0784. The smallest absolute Gasteiger partial charge is 0.337 e. The number of imidazole rings is 1. The molecule has 4 heterocycles. The first kappa shape index (κ1) is 12.7. The summed E-state index contributed by atoms with van der Waals surface area (Å²) in [5.74, 6) is 0.924. The second-order valence-electron chi connectivity index (χ2n) is 5.17. The fraction of sp³-hybridized carbons (Fsp3) is 0.500. The van der Waals surface area contributed by atoms with Crippen molar-refractivity contribution in [1.82, 2.24) is 24.6 Å². The minimum absolute atomic E-state index is 0.0178. The molecule has 2 aliphatic rings. The summed E-state index contributed by atoms with van der Waals surface area (Å²) in [6, 6.07) is 0. The van der Waals surface area contributed by atoms with Crippen molar-refractivity contribution < 1.29 is 9.32 Å². The molecule has 0 aliphatic carbocycles. The van der Waals surface area contributed by atoms with Gasteiger partial charge in [0.05, 0.1) is 0 Å². The third-order valence-electron chi connectivity index (χ3n) is 3.84. The van der Waals surface area contributed by atoms with E-state index in [2.05, 4.69) is 19.6 Å². The maximum Gasteiger partial charge on any atom is 0.438 e. The van der Waals surface area contributed by atoms with E-state index in [-0.39, 0.29) is 11.8 Å². The van der Waals surface area contributed by atoms with Gasteiger partial charge in [-0.1, -0.05) is 16.9 Å². The number of hydrogen-bond acceptors (Lipinski definition) is 6. The van der Waals surface area contributed by atoms with E-state index in [4.69, 9.17) is 0 Å². The van der Waals surface area contributed by atoms with E-state index < -0.39 is 5.76 Å². The fourth-order valence-corrected chi connectivity index (χ4v) is 3.70. The maximum atomic E-state index is 12.5. The highest BCUT2D eigenvalue weighted by atomic mass is 32.2. The standard InChI is InChI=1S/C12H13N5O3S/c18-10(8-6-17-3-4-21-11(17)13-8)16-2-1-7(5-16)9-14-12(19)20-15-9/h6-7H,1-5H2,(H,14,15,19). The average molecular weight is 307 g/mol. The van der Waals surface area contributed by atoms with Gasteiger partial charge in [-0.2, -0.15) is 0 Å². The molecule has 4 rings (SSSR count). The molecular formula is C12H13N5O3S. The van der Waals surface area contributed by atoms with Crippen molar-refractivity contribution in [2.75, 3.05) is 18.8 Å². The summed E-state index contributed by atoms with van der Waals surface area (Å²) >= 11 is 1.67. The number of aromatic nitrogens is 4. The molecular weight excluding hydrogens is 294 g/mol. The minimum Gasteiger partial charge on any atom is -0.337 e. The normalized spacial score (nSPS) is 21.0. The number of aromatic amines is 1. The van der Waals surface area contributed by atoms with Crippen molar-refractivity contribution in [2.45, 2.75) is 24.0 Å². The molecule has 110 valence electrons. The molecule has 1 N–H and O–H groups in total. The molecule has 2 aromatic heterocycles. The predicted molar refractivity (Wildman–Crippen MR) is 73.3 cm³/mol. The number of amides is 1. The third kappa shape index (κ3) is 2.17. The first-order chi connectivity index (χ1) is 10.2. The van der Waals surface area contributed by atoms with Crippen molar-refractivity contribution in [3.63, 3.8) is 0 Å². The van der Waals surface area contributed by atoms with Gasteiger partial charge < -0.3 is 9.47 Å². The molecule has 0 radical (unpaired) electrons. The lowest BCUT2D eigenvalue weighted by Crippen LogP contribution is -2.29. The first-order valence-corrected chi connectivity index (χ1v) is 7.74. The number of nitrogens with zero attached hydrogens (tertiary/aromatic N) is 4. The molecule has 0 bridgehead atoms. The Bertz CT molecular complexity index is 727. The number of carbonyl (C=O) groups excluding carboxylic acids is 1. The fourth-order valence-electron chi connectivity index (χ4n) is 2.76. The Morgan fingerprint density at radius 1 is 1.48 bits per heavy atom. The zero-order valence-electron chi connectivity index (χ0n) is 11.1. The molecule has 1 saturated heterocycles. The summed E-state index contributed by atoms with van der Waals surface area (Å²) in [4.78, 5) is 32.1. The number of thioether (sulfide) groups is 1. The molecule has 0 aromatic carbocycles. The van der Waals surface area contributed by atoms with Crippen molar-refractivity contribution in [1.29, 1.82) is 0 Å². The Labute approximate surface area is 123 Å². The van der Waals surface area contributed by atoms with Crippen molar-refractivity contribution >= 4 is 17.7 Å². The van der Waals surface area contributed by atoms with E-state index in [0.29, 0.717) is 24.6 Å². The number of rotatable bonds is 2. The highest BCUT2D eigenvalue weighted by molar-refractivity contribution is 7.99. The van der Waals surface area contributed by atoms with Gasteiger partial charge in [0.2, 0.25) is 0 Å². The monoisotopic (exact) mass is 307 g/mol. The van der Waals surface area contributed by atoms with Crippen LogP contribution in [0.4, 0.5) is 0 Å². The number of aryl methyl sites for hydroxylation is 1. The first-order valence-electron chi connectivity index (χ1n) is 6.76. The van der Waals surface area contributed by atoms with Crippen LogP contribution < -0.4 is 5.76 Å². The van der Waals surface area contributed by atoms with Gasteiger partial charge >= 0.3 is 5.76 Å². The van der Waals surface area contributed by atoms with Crippen molar-refractivity contribution in [2.24, 2.45) is 0 Å². The second-order valence-corrected chi connectivity index (χ2v) is 6.23. The van der Waals surface area contributed by atoms with Gasteiger partial charge in [0.25, 0.3) is 5.91 Å². The summed E-state index contributed by atoms with van der Waals surface area (Å²) in [5.41, 5.74) is 0.492. The number of fused-ring (bicyclic) bond motifs is 1. The Morgan fingerprint density at radius 3 is 3.14 bits per heavy atom. The SMILES string of the molecule is O=C(c1cn2c(n1)SCC2)N1CCC(c2noc(=O)[nH]2)C1. The number of likely N-dealkylation sites (tertiary alicyclic amines) is 1. The van der Waals surface area contributed by atoms with E-state index in [1.54, 1.807) is 16.7 Å². The summed E-state index contributed by atoms with van der Waals surface area (Å²) in [5, 5.41) is 4.61. The lowest BCUT2D eigenvalue weighted by atomic mass is 10.1. The van der Waals surface area contributed by atoms with Crippen LogP contribution in [-0.2, 0) is 6.54 Å². The zero-order chi connectivity index (χ0) is 14.4. The van der Waals surface area contributed by atoms with Crippen LogP contribution in [0.3, 0.4) is 0 Å². The van der Waals surface area contributed by atoms with E-state index in [1.807, 2.05) is 10.8 Å². The predicted octanol–water partition coefficient (Wildman–Crippen LogP) is 0.295. The Morgan fingerprint density at radius 2 is 2.38 bits per heavy atom. The second kappa shape index (κ2) is 4.76. The van der Waals surface area contributed by atoms with Crippen LogP contribution in [0.5, 0.6) is 0 Å². The van der Waals surface area contributed by atoms with Gasteiger partial charge in [-0.15, -0.1) is 0 Å². The van der Waals surface area contributed by atoms with Crippen LogP contribution >= 0.6 is 11.8 Å².